The molecular weight excluding hydrogens is 426 g/mol. The molecule has 0 bridgehead atoms. The molecule has 2 aromatic carbocycles. The van der Waals surface area contributed by atoms with Crippen LogP contribution in [0.3, 0.4) is 0 Å². The lowest BCUT2D eigenvalue weighted by Crippen LogP contribution is -2.24. The van der Waals surface area contributed by atoms with Crippen LogP contribution in [-0.2, 0) is 11.3 Å². The first-order chi connectivity index (χ1) is 16.7. The summed E-state index contributed by atoms with van der Waals surface area (Å²) in [5.41, 5.74) is 3.80. The Morgan fingerprint density at radius 2 is 2.00 bits per heavy atom. The number of carbonyl (C=O) groups is 1. The highest BCUT2D eigenvalue weighted by atomic mass is 16.5. The van der Waals surface area contributed by atoms with E-state index in [1.165, 1.54) is 0 Å². The highest BCUT2D eigenvalue weighted by Crippen LogP contribution is 2.28. The van der Waals surface area contributed by atoms with Crippen LogP contribution in [0.1, 0.15) is 18.1 Å². The molecule has 7 nitrogen and oxygen atoms in total. The number of amides is 1. The van der Waals surface area contributed by atoms with Crippen molar-refractivity contribution >= 4 is 12.0 Å². The van der Waals surface area contributed by atoms with Crippen LogP contribution in [0.2, 0.25) is 0 Å². The van der Waals surface area contributed by atoms with E-state index < -0.39 is 5.91 Å². The van der Waals surface area contributed by atoms with Crippen molar-refractivity contribution in [2.45, 2.75) is 13.5 Å². The molecule has 7 heteroatoms. The Morgan fingerprint density at radius 1 is 1.15 bits per heavy atom. The van der Waals surface area contributed by atoms with Crippen LogP contribution in [0.15, 0.2) is 90.9 Å². The minimum atomic E-state index is -0.465. The number of aromatic nitrogens is 3. The average Bonchev–Trinajstić information content (AvgIpc) is 3.31. The second kappa shape index (κ2) is 10.7. The number of para-hydroxylation sites is 1. The number of benzene rings is 2. The van der Waals surface area contributed by atoms with Crippen LogP contribution in [0.25, 0.3) is 23.0 Å². The van der Waals surface area contributed by atoms with Gasteiger partial charge in [-0.25, -0.2) is 4.68 Å². The van der Waals surface area contributed by atoms with Crippen molar-refractivity contribution in [3.05, 3.63) is 102 Å². The van der Waals surface area contributed by atoms with Gasteiger partial charge < -0.3 is 10.1 Å². The number of nitrogens with zero attached hydrogens (tertiary/aromatic N) is 4. The molecule has 34 heavy (non-hydrogen) atoms. The zero-order valence-corrected chi connectivity index (χ0v) is 18.7. The number of ether oxygens (including phenoxy) is 1. The van der Waals surface area contributed by atoms with E-state index in [9.17, 15) is 10.1 Å². The highest BCUT2D eigenvalue weighted by Gasteiger charge is 2.15. The van der Waals surface area contributed by atoms with Gasteiger partial charge in [-0.15, -0.1) is 0 Å². The monoisotopic (exact) mass is 449 g/mol. The van der Waals surface area contributed by atoms with E-state index in [-0.39, 0.29) is 12.1 Å². The fraction of sp³-hybridized carbons (Fsp3) is 0.111. The van der Waals surface area contributed by atoms with Crippen LogP contribution in [0.5, 0.6) is 5.75 Å². The molecule has 0 aliphatic rings. The maximum Gasteiger partial charge on any atom is 0.262 e. The molecule has 1 amide bonds. The Balaban J connectivity index is 1.70. The fourth-order valence-electron chi connectivity index (χ4n) is 3.41. The molecule has 0 aliphatic carbocycles. The highest BCUT2D eigenvalue weighted by molar-refractivity contribution is 6.02. The van der Waals surface area contributed by atoms with Crippen LogP contribution in [-0.4, -0.2) is 27.3 Å². The first kappa shape index (κ1) is 22.5. The fourth-order valence-corrected chi connectivity index (χ4v) is 3.41. The summed E-state index contributed by atoms with van der Waals surface area (Å²) in [4.78, 5) is 16.8. The molecule has 2 heterocycles. The minimum Gasteiger partial charge on any atom is -0.494 e. The molecule has 4 rings (SSSR count). The van der Waals surface area contributed by atoms with E-state index in [1.54, 1.807) is 29.2 Å². The summed E-state index contributed by atoms with van der Waals surface area (Å²) >= 11 is 0. The lowest BCUT2D eigenvalue weighted by molar-refractivity contribution is -0.117. The minimum absolute atomic E-state index is 0.0151. The molecule has 0 saturated carbocycles. The summed E-state index contributed by atoms with van der Waals surface area (Å²) in [5, 5.41) is 17.3. The summed E-state index contributed by atoms with van der Waals surface area (Å²) in [5.74, 6) is 0.256. The van der Waals surface area contributed by atoms with Crippen molar-refractivity contribution in [3.63, 3.8) is 0 Å². The normalized spacial score (nSPS) is 11.0. The predicted octanol–water partition coefficient (Wildman–Crippen LogP) is 4.56. The topological polar surface area (TPSA) is 92.8 Å². The lowest BCUT2D eigenvalue weighted by atomic mass is 10.1. The Labute approximate surface area is 198 Å². The second-order valence-electron chi connectivity index (χ2n) is 7.39. The van der Waals surface area contributed by atoms with Gasteiger partial charge in [0.1, 0.15) is 23.1 Å². The van der Waals surface area contributed by atoms with Crippen LogP contribution in [0, 0.1) is 11.3 Å². The van der Waals surface area contributed by atoms with Crippen LogP contribution >= 0.6 is 0 Å². The van der Waals surface area contributed by atoms with Crippen molar-refractivity contribution in [1.29, 1.82) is 5.26 Å². The third-order valence-corrected chi connectivity index (χ3v) is 5.02. The van der Waals surface area contributed by atoms with E-state index in [2.05, 4.69) is 10.3 Å². The van der Waals surface area contributed by atoms with Crippen molar-refractivity contribution in [1.82, 2.24) is 20.1 Å². The number of nitriles is 1. The van der Waals surface area contributed by atoms with Gasteiger partial charge in [-0.05, 0) is 48.9 Å². The van der Waals surface area contributed by atoms with E-state index in [4.69, 9.17) is 9.84 Å². The third kappa shape index (κ3) is 5.37. The zero-order chi connectivity index (χ0) is 23.8. The van der Waals surface area contributed by atoms with Gasteiger partial charge in [0, 0.05) is 36.3 Å². The van der Waals surface area contributed by atoms with Crippen molar-refractivity contribution < 1.29 is 9.53 Å². The second-order valence-corrected chi connectivity index (χ2v) is 7.39. The van der Waals surface area contributed by atoms with E-state index >= 15 is 0 Å². The molecular formula is C27H23N5O2. The van der Waals surface area contributed by atoms with Gasteiger partial charge in [0.05, 0.1) is 12.3 Å². The first-order valence-electron chi connectivity index (χ1n) is 10.8. The van der Waals surface area contributed by atoms with Gasteiger partial charge in [-0.2, -0.15) is 10.4 Å². The molecule has 4 aromatic rings. The summed E-state index contributed by atoms with van der Waals surface area (Å²) in [7, 11) is 0. The smallest absolute Gasteiger partial charge is 0.262 e. The molecule has 0 saturated heterocycles. The Kier molecular flexibility index (Phi) is 7.11. The van der Waals surface area contributed by atoms with Gasteiger partial charge in [-0.3, -0.25) is 9.78 Å². The van der Waals surface area contributed by atoms with Gasteiger partial charge in [0.2, 0.25) is 0 Å². The van der Waals surface area contributed by atoms with E-state index in [0.717, 1.165) is 22.6 Å². The van der Waals surface area contributed by atoms with Crippen LogP contribution in [0.4, 0.5) is 0 Å². The van der Waals surface area contributed by atoms with Crippen molar-refractivity contribution in [3.8, 4) is 28.8 Å². The zero-order valence-electron chi connectivity index (χ0n) is 18.7. The quantitative estimate of drug-likeness (QED) is 0.315. The number of carbonyl (C=O) groups excluding carboxylic acids is 1. The summed E-state index contributed by atoms with van der Waals surface area (Å²) in [6, 6.07) is 22.9. The molecule has 0 atom stereocenters. The van der Waals surface area contributed by atoms with Gasteiger partial charge >= 0.3 is 0 Å². The molecule has 2 aromatic heterocycles. The maximum absolute atomic E-state index is 12.7. The summed E-state index contributed by atoms with van der Waals surface area (Å²) < 4.78 is 7.38. The average molecular weight is 450 g/mol. The molecule has 0 fully saturated rings. The lowest BCUT2D eigenvalue weighted by Gasteiger charge is -2.06. The first-order valence-corrected chi connectivity index (χ1v) is 10.8. The van der Waals surface area contributed by atoms with Crippen molar-refractivity contribution in [2.24, 2.45) is 0 Å². The Hall–Kier alpha value is -4.70. The van der Waals surface area contributed by atoms with Gasteiger partial charge in [-0.1, -0.05) is 36.4 Å². The number of hydrogen-bond donors (Lipinski definition) is 1. The van der Waals surface area contributed by atoms with E-state index in [1.807, 2.05) is 79.9 Å². The number of nitrogens with one attached hydrogen (secondary N) is 1. The molecule has 1 N–H and O–H groups in total. The largest absolute Gasteiger partial charge is 0.494 e. The summed E-state index contributed by atoms with van der Waals surface area (Å²) in [6.45, 7) is 2.75. The maximum atomic E-state index is 12.7. The standard InChI is InChI=1S/C27H23N5O2/c1-2-34-25-12-6-9-21(15-25)26-23(19-32(31-26)24-10-4-3-5-11-24)14-22(16-28)27(33)30-18-20-8-7-13-29-17-20/h3-15,17,19H,2,18H2,1H3,(H,30,33)/b22-14+. The number of hydrogen-bond acceptors (Lipinski definition) is 5. The Bertz CT molecular complexity index is 1340. The van der Waals surface area contributed by atoms with Gasteiger partial charge in [0.15, 0.2) is 0 Å². The summed E-state index contributed by atoms with van der Waals surface area (Å²) in [6.07, 6.45) is 6.71. The molecule has 0 radical (unpaired) electrons. The predicted molar refractivity (Wildman–Crippen MR) is 130 cm³/mol. The molecule has 0 spiro atoms. The van der Waals surface area contributed by atoms with Crippen molar-refractivity contribution in [2.75, 3.05) is 6.61 Å². The Morgan fingerprint density at radius 3 is 2.74 bits per heavy atom. The number of rotatable bonds is 8. The molecule has 0 aliphatic heterocycles. The van der Waals surface area contributed by atoms with Crippen LogP contribution < -0.4 is 10.1 Å². The molecule has 168 valence electrons. The number of pyridine rings is 1. The van der Waals surface area contributed by atoms with E-state index in [0.29, 0.717) is 17.9 Å². The van der Waals surface area contributed by atoms with Gasteiger partial charge in [0.25, 0.3) is 5.91 Å². The third-order valence-electron chi connectivity index (χ3n) is 5.02. The SMILES string of the molecule is CCOc1cccc(-c2nn(-c3ccccc3)cc2/C=C(\C#N)C(=O)NCc2cccnc2)c1. The molecule has 0 unspecified atom stereocenters.